The van der Waals surface area contributed by atoms with E-state index in [1.54, 1.807) is 0 Å². The minimum absolute atomic E-state index is 0.735. The molecular formula is C14H12N. The van der Waals surface area contributed by atoms with Crippen LogP contribution in [0.25, 0.3) is 11.1 Å². The van der Waals surface area contributed by atoms with Crippen LogP contribution in [0.5, 0.6) is 0 Å². The van der Waals surface area contributed by atoms with Crippen LogP contribution in [-0.2, 0) is 0 Å². The molecular weight excluding hydrogens is 182 g/mol. The molecule has 1 aliphatic rings. The first kappa shape index (κ1) is 8.66. The summed E-state index contributed by atoms with van der Waals surface area (Å²) in [5, 5.41) is 0. The van der Waals surface area contributed by atoms with Crippen LogP contribution >= 0.6 is 0 Å². The van der Waals surface area contributed by atoms with E-state index in [0.717, 1.165) is 17.0 Å². The van der Waals surface area contributed by atoms with Crippen molar-refractivity contribution >= 4 is 0 Å². The number of pyridine rings is 1. The van der Waals surface area contributed by atoms with E-state index >= 15 is 0 Å². The van der Waals surface area contributed by atoms with Gasteiger partial charge in [0.15, 0.2) is 0 Å². The van der Waals surface area contributed by atoms with Crippen LogP contribution < -0.4 is 0 Å². The molecule has 0 N–H and O–H groups in total. The molecule has 1 radical (unpaired) electrons. The number of aromatic nitrogens is 1. The average molecular weight is 194 g/mol. The van der Waals surface area contributed by atoms with Gasteiger partial charge in [0.25, 0.3) is 0 Å². The van der Waals surface area contributed by atoms with Gasteiger partial charge in [-0.1, -0.05) is 30.3 Å². The maximum atomic E-state index is 4.50. The molecule has 1 heterocycles. The van der Waals surface area contributed by atoms with Gasteiger partial charge in [-0.2, -0.15) is 0 Å². The van der Waals surface area contributed by atoms with Crippen molar-refractivity contribution in [1.82, 2.24) is 4.98 Å². The first-order chi connectivity index (χ1) is 7.43. The summed E-state index contributed by atoms with van der Waals surface area (Å²) in [6, 6.07) is 15.5. The van der Waals surface area contributed by atoms with Crippen LogP contribution in [0.3, 0.4) is 0 Å². The topological polar surface area (TPSA) is 12.9 Å². The fourth-order valence-corrected chi connectivity index (χ4v) is 1.76. The van der Waals surface area contributed by atoms with Crippen LogP contribution in [-0.4, -0.2) is 4.98 Å². The summed E-state index contributed by atoms with van der Waals surface area (Å²) >= 11 is 0. The quantitative estimate of drug-likeness (QED) is 0.713. The lowest BCUT2D eigenvalue weighted by atomic mass is 10.1. The SMILES string of the molecule is [c]1ccccc1-c1ccc(C2CC2)nc1. The Labute approximate surface area is 89.8 Å². The molecule has 1 aromatic carbocycles. The van der Waals surface area contributed by atoms with Gasteiger partial charge < -0.3 is 0 Å². The molecule has 0 unspecified atom stereocenters. The van der Waals surface area contributed by atoms with E-state index in [4.69, 9.17) is 0 Å². The molecule has 1 saturated carbocycles. The highest BCUT2D eigenvalue weighted by molar-refractivity contribution is 5.61. The lowest BCUT2D eigenvalue weighted by Crippen LogP contribution is -1.86. The third-order valence-electron chi connectivity index (χ3n) is 2.80. The largest absolute Gasteiger partial charge is 0.260 e. The molecule has 0 amide bonds. The van der Waals surface area contributed by atoms with Gasteiger partial charge in [0, 0.05) is 23.4 Å². The van der Waals surface area contributed by atoms with E-state index in [1.807, 2.05) is 24.4 Å². The van der Waals surface area contributed by atoms with Crippen LogP contribution in [0, 0.1) is 6.07 Å². The van der Waals surface area contributed by atoms with Crippen molar-refractivity contribution in [1.29, 1.82) is 0 Å². The molecule has 3 rings (SSSR count). The normalized spacial score (nSPS) is 15.2. The van der Waals surface area contributed by atoms with E-state index in [1.165, 1.54) is 18.5 Å². The third-order valence-corrected chi connectivity index (χ3v) is 2.80. The van der Waals surface area contributed by atoms with E-state index in [9.17, 15) is 0 Å². The Morgan fingerprint density at radius 2 is 2.07 bits per heavy atom. The second-order valence-corrected chi connectivity index (χ2v) is 4.02. The molecule has 1 nitrogen and oxygen atoms in total. The summed E-state index contributed by atoms with van der Waals surface area (Å²) in [5.41, 5.74) is 3.52. The molecule has 0 aliphatic heterocycles. The fraction of sp³-hybridized carbons (Fsp3) is 0.214. The van der Waals surface area contributed by atoms with Crippen LogP contribution in [0.1, 0.15) is 24.5 Å². The zero-order valence-electron chi connectivity index (χ0n) is 8.48. The van der Waals surface area contributed by atoms with Crippen molar-refractivity contribution in [3.05, 3.63) is 54.4 Å². The van der Waals surface area contributed by atoms with Crippen molar-refractivity contribution in [2.24, 2.45) is 0 Å². The molecule has 0 spiro atoms. The van der Waals surface area contributed by atoms with E-state index in [2.05, 4.69) is 29.2 Å². The van der Waals surface area contributed by atoms with Crippen LogP contribution in [0.15, 0.2) is 42.6 Å². The molecule has 1 heteroatoms. The zero-order chi connectivity index (χ0) is 10.1. The van der Waals surface area contributed by atoms with Gasteiger partial charge >= 0.3 is 0 Å². The van der Waals surface area contributed by atoms with Crippen LogP contribution in [0.2, 0.25) is 0 Å². The van der Waals surface area contributed by atoms with Gasteiger partial charge in [0.1, 0.15) is 0 Å². The standard InChI is InChI=1S/C14H12N/c1-2-4-11(5-3-1)13-8-9-14(15-10-13)12-6-7-12/h1-4,8-10,12H,6-7H2. The second-order valence-electron chi connectivity index (χ2n) is 4.02. The van der Waals surface area contributed by atoms with Gasteiger partial charge in [-0.25, -0.2) is 0 Å². The predicted molar refractivity (Wildman–Crippen MR) is 60.5 cm³/mol. The number of benzene rings is 1. The lowest BCUT2D eigenvalue weighted by molar-refractivity contribution is 1.02. The average Bonchev–Trinajstić information content (AvgIpc) is 3.15. The van der Waals surface area contributed by atoms with Crippen molar-refractivity contribution in [2.45, 2.75) is 18.8 Å². The molecule has 0 atom stereocenters. The number of hydrogen-bond donors (Lipinski definition) is 0. The smallest absolute Gasteiger partial charge is 0.0434 e. The number of rotatable bonds is 2. The maximum Gasteiger partial charge on any atom is 0.0434 e. The molecule has 1 aliphatic carbocycles. The third kappa shape index (κ3) is 1.78. The van der Waals surface area contributed by atoms with Crippen molar-refractivity contribution < 1.29 is 0 Å². The monoisotopic (exact) mass is 194 g/mol. The van der Waals surface area contributed by atoms with Gasteiger partial charge in [0.05, 0.1) is 0 Å². The Morgan fingerprint density at radius 3 is 2.67 bits per heavy atom. The Bertz CT molecular complexity index is 441. The Morgan fingerprint density at radius 1 is 1.13 bits per heavy atom. The second kappa shape index (κ2) is 3.50. The first-order valence-electron chi connectivity index (χ1n) is 5.36. The Balaban J connectivity index is 1.93. The lowest BCUT2D eigenvalue weighted by Gasteiger charge is -2.01. The van der Waals surface area contributed by atoms with Crippen molar-refractivity contribution in [3.8, 4) is 11.1 Å². The van der Waals surface area contributed by atoms with E-state index in [0.29, 0.717) is 0 Å². The van der Waals surface area contributed by atoms with Gasteiger partial charge in [-0.15, -0.1) is 0 Å². The van der Waals surface area contributed by atoms with Crippen molar-refractivity contribution in [2.75, 3.05) is 0 Å². The molecule has 1 aromatic heterocycles. The van der Waals surface area contributed by atoms with E-state index < -0.39 is 0 Å². The van der Waals surface area contributed by atoms with Gasteiger partial charge in [0.2, 0.25) is 0 Å². The maximum absolute atomic E-state index is 4.50. The summed E-state index contributed by atoms with van der Waals surface area (Å²) in [6.45, 7) is 0. The minimum atomic E-state index is 0.735. The Kier molecular flexibility index (Phi) is 2.02. The van der Waals surface area contributed by atoms with Crippen molar-refractivity contribution in [3.63, 3.8) is 0 Å². The fourth-order valence-electron chi connectivity index (χ4n) is 1.76. The summed E-state index contributed by atoms with van der Waals surface area (Å²) in [4.78, 5) is 4.50. The number of nitrogens with zero attached hydrogens (tertiary/aromatic N) is 1. The van der Waals surface area contributed by atoms with Gasteiger partial charge in [-0.05, 0) is 30.5 Å². The summed E-state index contributed by atoms with van der Waals surface area (Å²) < 4.78 is 0. The molecule has 1 fully saturated rings. The molecule has 0 bridgehead atoms. The molecule has 0 saturated heterocycles. The highest BCUT2D eigenvalue weighted by Gasteiger charge is 2.24. The first-order valence-corrected chi connectivity index (χ1v) is 5.36. The summed E-state index contributed by atoms with van der Waals surface area (Å²) in [7, 11) is 0. The number of hydrogen-bond acceptors (Lipinski definition) is 1. The highest BCUT2D eigenvalue weighted by Crippen LogP contribution is 2.39. The Hall–Kier alpha value is -1.63. The summed E-state index contributed by atoms with van der Waals surface area (Å²) in [6.07, 6.45) is 4.58. The molecule has 15 heavy (non-hydrogen) atoms. The van der Waals surface area contributed by atoms with Gasteiger partial charge in [-0.3, -0.25) is 4.98 Å². The minimum Gasteiger partial charge on any atom is -0.260 e. The highest BCUT2D eigenvalue weighted by atomic mass is 14.7. The predicted octanol–water partition coefficient (Wildman–Crippen LogP) is 3.43. The van der Waals surface area contributed by atoms with Crippen LogP contribution in [0.4, 0.5) is 0 Å². The zero-order valence-corrected chi connectivity index (χ0v) is 8.48. The molecule has 2 aromatic rings. The molecule has 73 valence electrons. The summed E-state index contributed by atoms with van der Waals surface area (Å²) in [5.74, 6) is 0.735. The van der Waals surface area contributed by atoms with E-state index in [-0.39, 0.29) is 0 Å².